The van der Waals surface area contributed by atoms with Gasteiger partial charge in [-0.2, -0.15) is 0 Å². The molecule has 2 fully saturated rings. The third-order valence-corrected chi connectivity index (χ3v) is 6.79. The average molecular weight is 379 g/mol. The maximum atomic E-state index is 12.6. The van der Waals surface area contributed by atoms with Gasteiger partial charge in [-0.15, -0.1) is 11.3 Å². The highest BCUT2D eigenvalue weighted by atomic mass is 32.1. The smallest absolute Gasteiger partial charge is 0.261 e. The molecular formula is C18H25N3O4S. The number of nitrogens with one attached hydrogen (secondary N) is 1. The summed E-state index contributed by atoms with van der Waals surface area (Å²) in [5.74, 6) is -0.0363. The number of rotatable bonds is 3. The average Bonchev–Trinajstić information content (AvgIpc) is 3.32. The third-order valence-electron chi connectivity index (χ3n) is 5.59. The van der Waals surface area contributed by atoms with E-state index < -0.39 is 0 Å². The Morgan fingerprint density at radius 3 is 2.85 bits per heavy atom. The molecule has 2 amide bonds. The van der Waals surface area contributed by atoms with E-state index in [9.17, 15) is 9.59 Å². The molecule has 142 valence electrons. The maximum absolute atomic E-state index is 12.6. The molecule has 2 saturated heterocycles. The van der Waals surface area contributed by atoms with Gasteiger partial charge in [-0.3, -0.25) is 9.59 Å². The van der Waals surface area contributed by atoms with Crippen molar-refractivity contribution < 1.29 is 19.1 Å². The zero-order valence-electron chi connectivity index (χ0n) is 14.8. The van der Waals surface area contributed by atoms with Crippen LogP contribution in [0.3, 0.4) is 0 Å². The van der Waals surface area contributed by atoms with Crippen LogP contribution in [-0.4, -0.2) is 62.2 Å². The number of hydrogen-bond donors (Lipinski definition) is 2. The van der Waals surface area contributed by atoms with Crippen LogP contribution in [0.15, 0.2) is 6.07 Å². The summed E-state index contributed by atoms with van der Waals surface area (Å²) in [4.78, 5) is 28.2. The van der Waals surface area contributed by atoms with Crippen molar-refractivity contribution in [1.82, 2.24) is 10.2 Å². The summed E-state index contributed by atoms with van der Waals surface area (Å²) in [6.45, 7) is 3.30. The topological polar surface area (TPSA) is 93.9 Å². The minimum Gasteiger partial charge on any atom is -0.379 e. The van der Waals surface area contributed by atoms with Crippen molar-refractivity contribution in [1.29, 1.82) is 0 Å². The van der Waals surface area contributed by atoms with Crippen LogP contribution in [0.5, 0.6) is 0 Å². The largest absolute Gasteiger partial charge is 0.379 e. The Morgan fingerprint density at radius 1 is 1.35 bits per heavy atom. The summed E-state index contributed by atoms with van der Waals surface area (Å²) in [7, 11) is 0. The van der Waals surface area contributed by atoms with Gasteiger partial charge in [-0.1, -0.05) is 0 Å². The monoisotopic (exact) mass is 379 g/mol. The zero-order chi connectivity index (χ0) is 18.1. The van der Waals surface area contributed by atoms with E-state index in [1.807, 2.05) is 11.0 Å². The second kappa shape index (κ2) is 7.26. The van der Waals surface area contributed by atoms with Crippen LogP contribution >= 0.6 is 11.3 Å². The van der Waals surface area contributed by atoms with Gasteiger partial charge in [0.1, 0.15) is 0 Å². The van der Waals surface area contributed by atoms with E-state index in [0.717, 1.165) is 36.1 Å². The second-order valence-electron chi connectivity index (χ2n) is 7.16. The third kappa shape index (κ3) is 3.26. The number of carbonyl (C=O) groups is 2. The number of ether oxygens (including phenoxy) is 2. The molecule has 0 aromatic carbocycles. The fourth-order valence-electron chi connectivity index (χ4n) is 4.09. The van der Waals surface area contributed by atoms with Crippen LogP contribution in [-0.2, 0) is 26.3 Å². The summed E-state index contributed by atoms with van der Waals surface area (Å²) in [6, 6.07) is 2.11. The molecule has 4 heterocycles. The molecule has 1 aromatic rings. The molecule has 26 heavy (non-hydrogen) atoms. The van der Waals surface area contributed by atoms with Crippen molar-refractivity contribution in [2.45, 2.75) is 37.3 Å². The molecule has 0 bridgehead atoms. The van der Waals surface area contributed by atoms with Gasteiger partial charge >= 0.3 is 0 Å². The van der Waals surface area contributed by atoms with E-state index in [1.54, 1.807) is 11.3 Å². The van der Waals surface area contributed by atoms with Crippen LogP contribution in [0, 0.1) is 0 Å². The molecule has 0 radical (unpaired) electrons. The number of thiophene rings is 1. The van der Waals surface area contributed by atoms with Crippen LogP contribution in [0.4, 0.5) is 0 Å². The number of fused-ring (bicyclic) bond motifs is 2. The first-order valence-electron chi connectivity index (χ1n) is 9.25. The van der Waals surface area contributed by atoms with Crippen molar-refractivity contribution in [3.8, 4) is 0 Å². The Hall–Kier alpha value is -1.48. The highest BCUT2D eigenvalue weighted by molar-refractivity contribution is 7.14. The van der Waals surface area contributed by atoms with Crippen LogP contribution in [0.25, 0.3) is 0 Å². The molecule has 3 aliphatic rings. The lowest BCUT2D eigenvalue weighted by Crippen LogP contribution is -2.49. The predicted octanol–water partition coefficient (Wildman–Crippen LogP) is 0.616. The number of hydrogen-bond acceptors (Lipinski definition) is 6. The van der Waals surface area contributed by atoms with E-state index in [0.29, 0.717) is 32.9 Å². The summed E-state index contributed by atoms with van der Waals surface area (Å²) in [5.41, 5.74) is 6.25. The Balaban J connectivity index is 1.50. The molecule has 1 spiro atoms. The lowest BCUT2D eigenvalue weighted by atomic mass is 9.82. The quantitative estimate of drug-likeness (QED) is 0.803. The lowest BCUT2D eigenvalue weighted by molar-refractivity contribution is -0.139. The number of nitrogens with zero attached hydrogens (tertiary/aromatic N) is 1. The van der Waals surface area contributed by atoms with Crippen molar-refractivity contribution in [2.75, 3.05) is 39.5 Å². The van der Waals surface area contributed by atoms with E-state index in [4.69, 9.17) is 15.2 Å². The van der Waals surface area contributed by atoms with Gasteiger partial charge in [-0.25, -0.2) is 0 Å². The Morgan fingerprint density at radius 2 is 2.15 bits per heavy atom. The van der Waals surface area contributed by atoms with E-state index in [2.05, 4.69) is 5.32 Å². The number of nitrogens with two attached hydrogens (primary N) is 1. The minimum atomic E-state index is -0.371. The first-order valence-corrected chi connectivity index (χ1v) is 10.1. The first kappa shape index (κ1) is 17.9. The van der Waals surface area contributed by atoms with Gasteiger partial charge < -0.3 is 25.4 Å². The molecule has 1 unspecified atom stereocenters. The highest BCUT2D eigenvalue weighted by Crippen LogP contribution is 2.44. The van der Waals surface area contributed by atoms with Crippen molar-refractivity contribution >= 4 is 23.2 Å². The lowest BCUT2D eigenvalue weighted by Gasteiger charge is -2.44. The van der Waals surface area contributed by atoms with Gasteiger partial charge in [0, 0.05) is 31.0 Å². The summed E-state index contributed by atoms with van der Waals surface area (Å²) in [5, 5.41) is 3.06. The van der Waals surface area contributed by atoms with E-state index in [1.165, 1.54) is 4.88 Å². The molecule has 0 saturated carbocycles. The molecule has 3 aliphatic heterocycles. The molecule has 1 aromatic heterocycles. The SMILES string of the molecule is NCC(=O)N1CCC2(CC1)OCCc1sc(C(=O)NC3CCOC3)cc12. The Kier molecular flexibility index (Phi) is 5.00. The minimum absolute atomic E-state index is 0.0138. The number of carbonyl (C=O) groups excluding carboxylic acids is 2. The van der Waals surface area contributed by atoms with E-state index in [-0.39, 0.29) is 30.0 Å². The van der Waals surface area contributed by atoms with Crippen molar-refractivity contribution in [2.24, 2.45) is 5.73 Å². The summed E-state index contributed by atoms with van der Waals surface area (Å²) >= 11 is 1.57. The number of amides is 2. The fraction of sp³-hybridized carbons (Fsp3) is 0.667. The van der Waals surface area contributed by atoms with Crippen LogP contribution in [0.1, 0.15) is 39.4 Å². The van der Waals surface area contributed by atoms with Gasteiger partial charge in [0.15, 0.2) is 0 Å². The summed E-state index contributed by atoms with van der Waals surface area (Å²) in [6.07, 6.45) is 3.21. The highest BCUT2D eigenvalue weighted by Gasteiger charge is 2.43. The second-order valence-corrected chi connectivity index (χ2v) is 8.30. The molecule has 4 rings (SSSR count). The maximum Gasteiger partial charge on any atom is 0.261 e. The molecule has 8 heteroatoms. The fourth-order valence-corrected chi connectivity index (χ4v) is 5.23. The predicted molar refractivity (Wildman–Crippen MR) is 97.2 cm³/mol. The number of likely N-dealkylation sites (tertiary alicyclic amines) is 1. The van der Waals surface area contributed by atoms with Gasteiger partial charge in [0.2, 0.25) is 5.91 Å². The van der Waals surface area contributed by atoms with Gasteiger partial charge in [-0.05, 0) is 30.9 Å². The van der Waals surface area contributed by atoms with E-state index >= 15 is 0 Å². The molecular weight excluding hydrogens is 354 g/mol. The van der Waals surface area contributed by atoms with Crippen LogP contribution < -0.4 is 11.1 Å². The summed E-state index contributed by atoms with van der Waals surface area (Å²) < 4.78 is 11.5. The molecule has 7 nitrogen and oxygen atoms in total. The normalized spacial score (nSPS) is 24.5. The molecule has 0 aliphatic carbocycles. The van der Waals surface area contributed by atoms with Crippen molar-refractivity contribution in [3.05, 3.63) is 21.4 Å². The van der Waals surface area contributed by atoms with Gasteiger partial charge in [0.05, 0.1) is 36.3 Å². The Bertz CT molecular complexity index is 691. The molecule has 1 atom stereocenters. The number of piperidine rings is 1. The van der Waals surface area contributed by atoms with Crippen molar-refractivity contribution in [3.63, 3.8) is 0 Å². The molecule has 3 N–H and O–H groups in total. The first-order chi connectivity index (χ1) is 12.6. The van der Waals surface area contributed by atoms with Crippen LogP contribution in [0.2, 0.25) is 0 Å². The van der Waals surface area contributed by atoms with Gasteiger partial charge in [0.25, 0.3) is 5.91 Å². The standard InChI is InChI=1S/C18H25N3O4S/c19-10-16(22)21-5-3-18(4-6-21)13-9-15(26-14(13)2-8-25-18)17(23)20-12-1-7-24-11-12/h9,12H,1-8,10-11,19H2,(H,20,23). The Labute approximate surface area is 156 Å². The zero-order valence-corrected chi connectivity index (χ0v) is 15.6.